The first-order valence-corrected chi connectivity index (χ1v) is 10.8. The van der Waals surface area contributed by atoms with E-state index in [4.69, 9.17) is 33.2 Å². The van der Waals surface area contributed by atoms with Crippen LogP contribution in [0.1, 0.15) is 33.3 Å². The third-order valence-electron chi connectivity index (χ3n) is 4.73. The molecule has 0 saturated carbocycles. The van der Waals surface area contributed by atoms with Gasteiger partial charge in [-0.3, -0.25) is 19.2 Å². The first-order valence-electron chi connectivity index (χ1n) is 10.8. The molecule has 192 valence electrons. The van der Waals surface area contributed by atoms with Crippen molar-refractivity contribution in [2.75, 3.05) is 20.3 Å². The Morgan fingerprint density at radius 2 is 1.40 bits per heavy atom. The van der Waals surface area contributed by atoms with Crippen LogP contribution in [0, 0.1) is 0 Å². The third-order valence-corrected chi connectivity index (χ3v) is 4.73. The minimum absolute atomic E-state index is 0.0275. The molecule has 0 unspecified atom stereocenters. The van der Waals surface area contributed by atoms with Crippen molar-refractivity contribution in [3.05, 3.63) is 35.9 Å². The minimum Gasteiger partial charge on any atom is -0.497 e. The van der Waals surface area contributed by atoms with Crippen molar-refractivity contribution in [1.82, 2.24) is 0 Å². The number of hydrogen-bond acceptors (Lipinski definition) is 11. The van der Waals surface area contributed by atoms with Crippen molar-refractivity contribution in [3.63, 3.8) is 0 Å². The summed E-state index contributed by atoms with van der Waals surface area (Å²) >= 11 is 0. The molecule has 0 N–H and O–H groups in total. The molecule has 0 radical (unpaired) electrons. The van der Waals surface area contributed by atoms with E-state index in [1.807, 2.05) is 12.1 Å². The van der Waals surface area contributed by atoms with Crippen LogP contribution in [-0.4, -0.2) is 74.9 Å². The average Bonchev–Trinajstić information content (AvgIpc) is 2.78. The van der Waals surface area contributed by atoms with E-state index in [2.05, 4.69) is 0 Å². The monoisotopic (exact) mass is 494 g/mol. The Morgan fingerprint density at radius 3 is 1.94 bits per heavy atom. The van der Waals surface area contributed by atoms with E-state index >= 15 is 0 Å². The number of hydrogen-bond donors (Lipinski definition) is 0. The van der Waals surface area contributed by atoms with Crippen LogP contribution < -0.4 is 4.74 Å². The molecular weight excluding hydrogens is 464 g/mol. The number of benzene rings is 1. The van der Waals surface area contributed by atoms with Gasteiger partial charge in [0.25, 0.3) is 0 Å². The molecule has 1 fully saturated rings. The summed E-state index contributed by atoms with van der Waals surface area (Å²) in [5.74, 6) is -1.99. The van der Waals surface area contributed by atoms with Crippen molar-refractivity contribution in [2.24, 2.45) is 0 Å². The second-order valence-corrected chi connectivity index (χ2v) is 7.58. The van der Waals surface area contributed by atoms with Gasteiger partial charge in [0.05, 0.1) is 13.7 Å². The lowest BCUT2D eigenvalue weighted by Crippen LogP contribution is -2.62. The second-order valence-electron chi connectivity index (χ2n) is 7.58. The molecule has 1 aliphatic heterocycles. The fourth-order valence-electron chi connectivity index (χ4n) is 3.37. The van der Waals surface area contributed by atoms with E-state index < -0.39 is 54.6 Å². The molecule has 1 aliphatic rings. The van der Waals surface area contributed by atoms with Gasteiger partial charge in [-0.2, -0.15) is 0 Å². The summed E-state index contributed by atoms with van der Waals surface area (Å²) in [5.41, 5.74) is 0.885. The van der Waals surface area contributed by atoms with Crippen molar-refractivity contribution in [1.29, 1.82) is 0 Å². The van der Waals surface area contributed by atoms with Gasteiger partial charge in [-0.05, 0) is 17.7 Å². The Labute approximate surface area is 203 Å². The summed E-state index contributed by atoms with van der Waals surface area (Å²) in [5, 5.41) is 0. The molecule has 11 heteroatoms. The lowest BCUT2D eigenvalue weighted by molar-refractivity contribution is -0.305. The van der Waals surface area contributed by atoms with Crippen LogP contribution in [-0.2, 0) is 47.6 Å². The normalized spacial score (nSPS) is 23.9. The Bertz CT molecular complexity index is 909. The number of rotatable bonds is 10. The lowest BCUT2D eigenvalue weighted by Gasteiger charge is -2.43. The van der Waals surface area contributed by atoms with Gasteiger partial charge in [0.2, 0.25) is 0 Å². The maximum atomic E-state index is 11.8. The van der Waals surface area contributed by atoms with E-state index in [9.17, 15) is 19.2 Å². The minimum atomic E-state index is -1.27. The van der Waals surface area contributed by atoms with Gasteiger partial charge < -0.3 is 33.2 Å². The Hall–Kier alpha value is -3.44. The molecule has 1 heterocycles. The zero-order valence-corrected chi connectivity index (χ0v) is 20.3. The predicted octanol–water partition coefficient (Wildman–Crippen LogP) is 1.81. The molecule has 0 aliphatic carbocycles. The van der Waals surface area contributed by atoms with Crippen LogP contribution in [0.25, 0.3) is 6.08 Å². The SMILES string of the molecule is COc1ccc(/C=C/CO[C@@H]2O[C@H](COC(C)=O)[C@@H](OC(C)=O)[C@H](OC(C)=O)[C@H]2OC(C)=O)cc1. The quantitative estimate of drug-likeness (QED) is 0.348. The molecular formula is C24H30O11. The molecule has 1 aromatic rings. The van der Waals surface area contributed by atoms with Crippen molar-refractivity contribution >= 4 is 30.0 Å². The summed E-state index contributed by atoms with van der Waals surface area (Å²) in [6.07, 6.45) is -2.55. The Kier molecular flexibility index (Phi) is 10.7. The van der Waals surface area contributed by atoms with Crippen LogP contribution in [0.4, 0.5) is 0 Å². The highest BCUT2D eigenvalue weighted by atomic mass is 16.7. The Morgan fingerprint density at radius 1 is 0.829 bits per heavy atom. The molecule has 0 spiro atoms. The van der Waals surface area contributed by atoms with E-state index in [0.29, 0.717) is 0 Å². The van der Waals surface area contributed by atoms with Crippen molar-refractivity contribution in [3.8, 4) is 5.75 Å². The van der Waals surface area contributed by atoms with Crippen molar-refractivity contribution < 1.29 is 52.3 Å². The van der Waals surface area contributed by atoms with Gasteiger partial charge in [0.15, 0.2) is 24.6 Å². The second kappa shape index (κ2) is 13.4. The van der Waals surface area contributed by atoms with Crippen LogP contribution in [0.15, 0.2) is 30.3 Å². The van der Waals surface area contributed by atoms with Gasteiger partial charge in [-0.15, -0.1) is 0 Å². The summed E-state index contributed by atoms with van der Waals surface area (Å²) in [6.45, 7) is 4.38. The molecule has 35 heavy (non-hydrogen) atoms. The highest BCUT2D eigenvalue weighted by Crippen LogP contribution is 2.30. The summed E-state index contributed by atoms with van der Waals surface area (Å²) in [7, 11) is 1.58. The van der Waals surface area contributed by atoms with Crippen LogP contribution >= 0.6 is 0 Å². The highest BCUT2D eigenvalue weighted by molar-refractivity contribution is 5.68. The van der Waals surface area contributed by atoms with Gasteiger partial charge >= 0.3 is 23.9 Å². The van der Waals surface area contributed by atoms with E-state index in [1.165, 1.54) is 6.92 Å². The first-order chi connectivity index (χ1) is 16.6. The molecule has 1 aromatic carbocycles. The largest absolute Gasteiger partial charge is 0.497 e. The first kappa shape index (κ1) is 27.8. The fourth-order valence-corrected chi connectivity index (χ4v) is 3.37. The summed E-state index contributed by atoms with van der Waals surface area (Å²) in [4.78, 5) is 46.7. The standard InChI is InChI=1S/C24H30O11/c1-14(25)31-13-20-21(32-15(2)26)22(33-16(3)27)23(34-17(4)28)24(35-20)30-12-6-7-18-8-10-19(29-5)11-9-18/h6-11,20-24H,12-13H2,1-5H3/b7-6+/t20-,21-,22+,23-,24-/m1/s1. The number of carbonyl (C=O) groups is 4. The van der Waals surface area contributed by atoms with Gasteiger partial charge in [-0.1, -0.05) is 24.3 Å². The molecule has 0 aromatic heterocycles. The molecule has 0 bridgehead atoms. The van der Waals surface area contributed by atoms with Gasteiger partial charge in [0.1, 0.15) is 18.5 Å². The zero-order valence-electron chi connectivity index (χ0n) is 20.3. The van der Waals surface area contributed by atoms with Crippen molar-refractivity contribution in [2.45, 2.75) is 58.4 Å². The molecule has 11 nitrogen and oxygen atoms in total. The van der Waals surface area contributed by atoms with Crippen LogP contribution in [0.2, 0.25) is 0 Å². The Balaban J connectivity index is 2.25. The number of ether oxygens (including phenoxy) is 7. The molecule has 5 atom stereocenters. The smallest absolute Gasteiger partial charge is 0.303 e. The third kappa shape index (κ3) is 9.02. The van der Waals surface area contributed by atoms with Gasteiger partial charge in [-0.25, -0.2) is 0 Å². The van der Waals surface area contributed by atoms with E-state index in [-0.39, 0.29) is 13.2 Å². The maximum Gasteiger partial charge on any atom is 0.303 e. The highest BCUT2D eigenvalue weighted by Gasteiger charge is 2.52. The topological polar surface area (TPSA) is 133 Å². The van der Waals surface area contributed by atoms with Crippen LogP contribution in [0.3, 0.4) is 0 Å². The lowest BCUT2D eigenvalue weighted by atomic mass is 9.98. The molecule has 0 amide bonds. The summed E-state index contributed by atoms with van der Waals surface area (Å²) < 4.78 is 37.8. The molecule has 2 rings (SSSR count). The zero-order chi connectivity index (χ0) is 26.0. The van der Waals surface area contributed by atoms with E-state index in [1.54, 1.807) is 31.4 Å². The van der Waals surface area contributed by atoms with E-state index in [0.717, 1.165) is 32.1 Å². The van der Waals surface area contributed by atoms with Crippen LogP contribution in [0.5, 0.6) is 5.75 Å². The fraction of sp³-hybridized carbons (Fsp3) is 0.500. The predicted molar refractivity (Wildman–Crippen MR) is 120 cm³/mol. The average molecular weight is 494 g/mol. The number of esters is 4. The number of carbonyl (C=O) groups excluding carboxylic acids is 4. The number of methoxy groups -OCH3 is 1. The molecule has 1 saturated heterocycles. The maximum absolute atomic E-state index is 11.8. The van der Waals surface area contributed by atoms with Gasteiger partial charge in [0, 0.05) is 27.7 Å². The summed E-state index contributed by atoms with van der Waals surface area (Å²) in [6, 6.07) is 7.31.